The van der Waals surface area contributed by atoms with Gasteiger partial charge in [-0.15, -0.1) is 0 Å². The van der Waals surface area contributed by atoms with E-state index in [0.717, 1.165) is 17.0 Å². The number of nitro groups is 1. The third-order valence-electron chi connectivity index (χ3n) is 7.06. The van der Waals surface area contributed by atoms with E-state index in [0.29, 0.717) is 11.5 Å². The van der Waals surface area contributed by atoms with Gasteiger partial charge in [-0.3, -0.25) is 19.7 Å². The number of allylic oxidation sites excluding steroid dienone is 2. The summed E-state index contributed by atoms with van der Waals surface area (Å²) in [5.41, 5.74) is 0.670. The van der Waals surface area contributed by atoms with E-state index >= 15 is 0 Å². The second kappa shape index (κ2) is 8.36. The Balaban J connectivity index is 1.24. The Bertz CT molecular complexity index is 1320. The molecule has 1 saturated carbocycles. The van der Waals surface area contributed by atoms with Crippen LogP contribution in [0.4, 0.5) is 5.69 Å². The molecule has 2 aromatic carbocycles. The Hall–Kier alpha value is -4.41. The minimum atomic E-state index is -0.589. The van der Waals surface area contributed by atoms with E-state index in [4.69, 9.17) is 18.9 Å². The minimum absolute atomic E-state index is 0.0250. The van der Waals surface area contributed by atoms with E-state index in [-0.39, 0.29) is 71.6 Å². The van der Waals surface area contributed by atoms with Crippen LogP contribution in [0.3, 0.4) is 0 Å². The number of carbonyl (C=O) groups is 2. The van der Waals surface area contributed by atoms with Crippen LogP contribution in [0, 0.1) is 33.8 Å². The van der Waals surface area contributed by atoms with Crippen molar-refractivity contribution in [3.8, 4) is 23.0 Å². The van der Waals surface area contributed by atoms with Crippen molar-refractivity contribution in [2.45, 2.75) is 13.0 Å². The molecule has 0 radical (unpaired) electrons. The van der Waals surface area contributed by atoms with Crippen molar-refractivity contribution in [3.63, 3.8) is 0 Å². The first kappa shape index (κ1) is 22.1. The number of carbonyl (C=O) groups excluding carboxylic acids is 2. The molecule has 4 aliphatic rings. The second-order valence-electron chi connectivity index (χ2n) is 9.04. The summed E-state index contributed by atoms with van der Waals surface area (Å²) in [5.74, 6) is -0.0191. The Morgan fingerprint density at radius 3 is 2.53 bits per heavy atom. The van der Waals surface area contributed by atoms with Gasteiger partial charge < -0.3 is 18.9 Å². The van der Waals surface area contributed by atoms with E-state index in [2.05, 4.69) is 5.10 Å². The summed E-state index contributed by atoms with van der Waals surface area (Å²) >= 11 is 0. The van der Waals surface area contributed by atoms with E-state index < -0.39 is 4.92 Å². The Morgan fingerprint density at radius 1 is 1.11 bits per heavy atom. The van der Waals surface area contributed by atoms with Gasteiger partial charge in [0.15, 0.2) is 17.2 Å². The zero-order chi connectivity index (χ0) is 25.0. The number of benzene rings is 2. The number of hydrogen-bond acceptors (Lipinski definition) is 9. The van der Waals surface area contributed by atoms with Gasteiger partial charge in [0.2, 0.25) is 12.5 Å². The molecule has 6 rings (SSSR count). The minimum Gasteiger partial charge on any atom is -0.493 e. The summed E-state index contributed by atoms with van der Waals surface area (Å²) in [7, 11) is 1.37. The largest absolute Gasteiger partial charge is 0.493 e. The van der Waals surface area contributed by atoms with Gasteiger partial charge in [0.05, 0.1) is 30.1 Å². The number of methoxy groups -OCH3 is 1. The van der Waals surface area contributed by atoms with Crippen molar-refractivity contribution in [2.24, 2.45) is 28.8 Å². The van der Waals surface area contributed by atoms with Crippen LogP contribution < -0.4 is 18.9 Å². The smallest absolute Gasteiger partial charge is 0.315 e. The molecule has 0 unspecified atom stereocenters. The SMILES string of the molecule is COc1cc(C=NN2C(=O)[C@@H]3[C@H](C2=O)[C@H]2C=C[C@H]3C2)cc([N+](=O)[O-])c1OCc1ccc2c(c1)OCO2. The van der Waals surface area contributed by atoms with Gasteiger partial charge in [-0.05, 0) is 42.0 Å². The number of hydrazone groups is 1. The second-order valence-corrected chi connectivity index (χ2v) is 9.04. The Morgan fingerprint density at radius 2 is 1.83 bits per heavy atom. The van der Waals surface area contributed by atoms with Crippen molar-refractivity contribution in [2.75, 3.05) is 13.9 Å². The first-order valence-corrected chi connectivity index (χ1v) is 11.4. The first-order chi connectivity index (χ1) is 17.4. The molecule has 36 heavy (non-hydrogen) atoms. The first-order valence-electron chi connectivity index (χ1n) is 11.4. The van der Waals surface area contributed by atoms with Gasteiger partial charge in [0.1, 0.15) is 6.61 Å². The molecule has 11 nitrogen and oxygen atoms in total. The number of amides is 2. The van der Waals surface area contributed by atoms with Crippen LogP contribution in [0.5, 0.6) is 23.0 Å². The Labute approximate surface area is 205 Å². The molecular formula is C25H21N3O8. The number of fused-ring (bicyclic) bond motifs is 6. The molecule has 11 heteroatoms. The van der Waals surface area contributed by atoms with Crippen LogP contribution >= 0.6 is 0 Å². The molecule has 2 fully saturated rings. The number of imide groups is 1. The van der Waals surface area contributed by atoms with Crippen LogP contribution in [0.15, 0.2) is 47.6 Å². The third kappa shape index (κ3) is 3.46. The predicted octanol–water partition coefficient (Wildman–Crippen LogP) is 3.05. The zero-order valence-electron chi connectivity index (χ0n) is 19.2. The number of ether oxygens (including phenoxy) is 4. The lowest BCUT2D eigenvalue weighted by molar-refractivity contribution is -0.386. The van der Waals surface area contributed by atoms with Crippen molar-refractivity contribution in [1.29, 1.82) is 0 Å². The summed E-state index contributed by atoms with van der Waals surface area (Å²) in [6, 6.07) is 8.01. The van der Waals surface area contributed by atoms with Crippen LogP contribution in [0.25, 0.3) is 0 Å². The lowest BCUT2D eigenvalue weighted by atomic mass is 9.85. The number of rotatable bonds is 7. The van der Waals surface area contributed by atoms with Crippen LogP contribution in [-0.2, 0) is 16.2 Å². The fourth-order valence-electron chi connectivity index (χ4n) is 5.43. The highest BCUT2D eigenvalue weighted by Gasteiger charge is 2.59. The number of nitrogens with zero attached hydrogens (tertiary/aromatic N) is 3. The summed E-state index contributed by atoms with van der Waals surface area (Å²) in [6.45, 7) is 0.160. The zero-order valence-corrected chi connectivity index (χ0v) is 19.2. The monoisotopic (exact) mass is 491 g/mol. The van der Waals surface area contributed by atoms with Crippen LogP contribution in [0.1, 0.15) is 17.5 Å². The molecule has 0 aromatic heterocycles. The summed E-state index contributed by atoms with van der Waals surface area (Å²) in [6.07, 6.45) is 6.08. The molecule has 4 atom stereocenters. The van der Waals surface area contributed by atoms with Gasteiger partial charge in [-0.1, -0.05) is 18.2 Å². The highest BCUT2D eigenvalue weighted by molar-refractivity contribution is 6.06. The standard InChI is InChI=1S/C25H21N3O8/c1-33-20-8-14(10-26-27-24(29)21-15-3-4-16(9-15)22(21)25(27)30)6-17(28(31)32)23(20)34-11-13-2-5-18-19(7-13)36-12-35-18/h2-8,10,15-16,21-22H,9,11-12H2,1H3/t15-,16-,21-,22+/m0/s1. The fraction of sp³-hybridized carbons (Fsp3) is 0.320. The maximum absolute atomic E-state index is 12.8. The summed E-state index contributed by atoms with van der Waals surface area (Å²) < 4.78 is 21.8. The molecule has 2 amide bonds. The molecule has 184 valence electrons. The molecule has 1 saturated heterocycles. The van der Waals surface area contributed by atoms with Gasteiger partial charge in [-0.2, -0.15) is 10.1 Å². The van der Waals surface area contributed by atoms with Gasteiger partial charge in [0, 0.05) is 11.6 Å². The molecule has 2 aromatic rings. The quantitative estimate of drug-likeness (QED) is 0.190. The van der Waals surface area contributed by atoms with Crippen LogP contribution in [-0.4, -0.2) is 41.9 Å². The highest BCUT2D eigenvalue weighted by Crippen LogP contribution is 2.52. The molecule has 2 aliphatic heterocycles. The Kier molecular flexibility index (Phi) is 5.13. The molecule has 0 spiro atoms. The topological polar surface area (TPSA) is 130 Å². The van der Waals surface area contributed by atoms with E-state index in [1.54, 1.807) is 18.2 Å². The van der Waals surface area contributed by atoms with E-state index in [9.17, 15) is 19.7 Å². The maximum Gasteiger partial charge on any atom is 0.315 e. The average Bonchev–Trinajstić information content (AvgIpc) is 3.66. The number of nitro benzene ring substituents is 1. The summed E-state index contributed by atoms with van der Waals surface area (Å²) in [4.78, 5) is 36.9. The lowest BCUT2D eigenvalue weighted by Gasteiger charge is -2.13. The molecule has 2 aliphatic carbocycles. The normalized spacial score (nSPS) is 25.2. The van der Waals surface area contributed by atoms with Gasteiger partial charge >= 0.3 is 5.69 Å². The van der Waals surface area contributed by atoms with Crippen molar-refractivity contribution < 1.29 is 33.5 Å². The molecule has 2 heterocycles. The molecular weight excluding hydrogens is 470 g/mol. The predicted molar refractivity (Wildman–Crippen MR) is 124 cm³/mol. The maximum atomic E-state index is 12.8. The van der Waals surface area contributed by atoms with Crippen molar-refractivity contribution in [1.82, 2.24) is 5.01 Å². The summed E-state index contributed by atoms with van der Waals surface area (Å²) in [5, 5.41) is 16.8. The average molecular weight is 491 g/mol. The molecule has 2 bridgehead atoms. The van der Waals surface area contributed by atoms with E-state index in [1.165, 1.54) is 25.5 Å². The third-order valence-corrected chi connectivity index (χ3v) is 7.06. The number of hydrogen-bond donors (Lipinski definition) is 0. The molecule has 0 N–H and O–H groups in total. The van der Waals surface area contributed by atoms with Crippen LogP contribution in [0.2, 0.25) is 0 Å². The van der Waals surface area contributed by atoms with E-state index in [1.807, 2.05) is 12.2 Å². The van der Waals surface area contributed by atoms with Gasteiger partial charge in [-0.25, -0.2) is 0 Å². The van der Waals surface area contributed by atoms with Crippen molar-refractivity contribution >= 4 is 23.7 Å². The van der Waals surface area contributed by atoms with Crippen molar-refractivity contribution in [3.05, 3.63) is 63.7 Å². The fourth-order valence-corrected chi connectivity index (χ4v) is 5.43. The highest BCUT2D eigenvalue weighted by atomic mass is 16.7. The lowest BCUT2D eigenvalue weighted by Crippen LogP contribution is -2.28. The van der Waals surface area contributed by atoms with Gasteiger partial charge in [0.25, 0.3) is 11.8 Å².